The molecule has 1 amide bonds. The fourth-order valence-electron chi connectivity index (χ4n) is 5.09. The van der Waals surface area contributed by atoms with Gasteiger partial charge in [0.2, 0.25) is 5.91 Å². The average Bonchev–Trinajstić information content (AvgIpc) is 3.46. The van der Waals surface area contributed by atoms with Gasteiger partial charge in [-0.25, -0.2) is 0 Å². The number of ether oxygens (including phenoxy) is 1. The summed E-state index contributed by atoms with van der Waals surface area (Å²) in [7, 11) is 1.39. The Morgan fingerprint density at radius 2 is 1.84 bits per heavy atom. The molecule has 0 aliphatic carbocycles. The van der Waals surface area contributed by atoms with Crippen LogP contribution in [0.15, 0.2) is 36.4 Å². The number of carbonyl (C=O) groups is 2. The van der Waals surface area contributed by atoms with E-state index < -0.39 is 0 Å². The van der Waals surface area contributed by atoms with Gasteiger partial charge in [0, 0.05) is 18.2 Å². The Labute approximate surface area is 189 Å². The first kappa shape index (κ1) is 22.3. The summed E-state index contributed by atoms with van der Waals surface area (Å²) in [5.41, 5.74) is 7.58. The summed E-state index contributed by atoms with van der Waals surface area (Å²) < 4.78 is 4.80. The number of nitrogen functional groups attached to an aromatic ring is 1. The van der Waals surface area contributed by atoms with Crippen LogP contribution in [0.2, 0.25) is 0 Å². The number of carbonyl (C=O) groups excluding carboxylic acids is 2. The van der Waals surface area contributed by atoms with E-state index in [-0.39, 0.29) is 36.3 Å². The number of fused-ring (bicyclic) bond motifs is 1. The lowest BCUT2D eigenvalue weighted by molar-refractivity contribution is -0.144. The van der Waals surface area contributed by atoms with Gasteiger partial charge >= 0.3 is 5.97 Å². The van der Waals surface area contributed by atoms with Crippen LogP contribution >= 0.6 is 0 Å². The predicted octanol–water partition coefficient (Wildman–Crippen LogP) is 2.68. The van der Waals surface area contributed by atoms with Crippen molar-refractivity contribution in [2.24, 2.45) is 5.73 Å². The molecule has 7 nitrogen and oxygen atoms in total. The predicted molar refractivity (Wildman–Crippen MR) is 125 cm³/mol. The van der Waals surface area contributed by atoms with E-state index in [0.717, 1.165) is 68.0 Å². The van der Waals surface area contributed by atoms with Crippen LogP contribution < -0.4 is 5.73 Å². The number of nitrogens with zero attached hydrogens (tertiary/aromatic N) is 2. The second-order valence-electron chi connectivity index (χ2n) is 8.88. The Bertz CT molecular complexity index is 1020. The molecule has 0 unspecified atom stereocenters. The van der Waals surface area contributed by atoms with Crippen molar-refractivity contribution in [3.8, 4) is 0 Å². The Balaban J connectivity index is 1.39. The normalized spacial score (nSPS) is 21.2. The van der Waals surface area contributed by atoms with Crippen molar-refractivity contribution in [2.75, 3.05) is 26.7 Å². The highest BCUT2D eigenvalue weighted by molar-refractivity contribution is 5.99. The van der Waals surface area contributed by atoms with Crippen molar-refractivity contribution in [1.82, 2.24) is 9.80 Å². The van der Waals surface area contributed by atoms with Crippen molar-refractivity contribution in [3.63, 3.8) is 0 Å². The van der Waals surface area contributed by atoms with Crippen LogP contribution in [0.1, 0.15) is 43.2 Å². The molecule has 0 spiro atoms. The van der Waals surface area contributed by atoms with E-state index >= 15 is 0 Å². The highest BCUT2D eigenvalue weighted by Gasteiger charge is 2.38. The quantitative estimate of drug-likeness (QED) is 0.395. The number of methoxy groups -OCH3 is 1. The van der Waals surface area contributed by atoms with Crippen LogP contribution in [-0.4, -0.2) is 66.3 Å². The molecular weight excluding hydrogens is 404 g/mol. The van der Waals surface area contributed by atoms with Crippen LogP contribution in [0.3, 0.4) is 0 Å². The zero-order chi connectivity index (χ0) is 22.7. The summed E-state index contributed by atoms with van der Waals surface area (Å²) >= 11 is 0. The molecule has 2 aliphatic rings. The molecule has 170 valence electrons. The lowest BCUT2D eigenvalue weighted by Crippen LogP contribution is -2.48. The topological polar surface area (TPSA) is 99.7 Å². The van der Waals surface area contributed by atoms with Gasteiger partial charge in [-0.1, -0.05) is 30.3 Å². The number of benzene rings is 2. The smallest absolute Gasteiger partial charge is 0.319 e. The molecule has 2 aliphatic heterocycles. The van der Waals surface area contributed by atoms with E-state index in [1.54, 1.807) is 0 Å². The Hall–Kier alpha value is -2.93. The minimum absolute atomic E-state index is 0.0781. The lowest BCUT2D eigenvalue weighted by Gasteiger charge is -2.31. The molecule has 2 aromatic carbocycles. The molecule has 2 saturated heterocycles. The molecule has 0 radical (unpaired) electrons. The van der Waals surface area contributed by atoms with Gasteiger partial charge in [0.05, 0.1) is 19.7 Å². The molecule has 7 heteroatoms. The Kier molecular flexibility index (Phi) is 6.74. The summed E-state index contributed by atoms with van der Waals surface area (Å²) in [5.74, 6) is -0.0343. The molecule has 0 aromatic heterocycles. The molecule has 2 atom stereocenters. The highest BCUT2D eigenvalue weighted by Crippen LogP contribution is 2.27. The highest BCUT2D eigenvalue weighted by atomic mass is 16.5. The number of aryl methyl sites for hydroxylation is 1. The second kappa shape index (κ2) is 9.69. The molecule has 2 heterocycles. The molecular formula is C25H32N4O3. The van der Waals surface area contributed by atoms with E-state index in [4.69, 9.17) is 15.9 Å². The van der Waals surface area contributed by atoms with Crippen LogP contribution in [0.4, 0.5) is 0 Å². The number of amidine groups is 1. The van der Waals surface area contributed by atoms with Gasteiger partial charge in [-0.2, -0.15) is 0 Å². The van der Waals surface area contributed by atoms with Crippen molar-refractivity contribution in [1.29, 1.82) is 5.41 Å². The third-order valence-corrected chi connectivity index (χ3v) is 6.85. The monoisotopic (exact) mass is 436 g/mol. The van der Waals surface area contributed by atoms with E-state index in [1.165, 1.54) is 12.7 Å². The maximum atomic E-state index is 13.3. The van der Waals surface area contributed by atoms with E-state index in [0.29, 0.717) is 0 Å². The van der Waals surface area contributed by atoms with Gasteiger partial charge in [0.15, 0.2) is 0 Å². The van der Waals surface area contributed by atoms with Crippen LogP contribution in [0, 0.1) is 5.41 Å². The number of nitrogens with one attached hydrogen (secondary N) is 1. The third kappa shape index (κ3) is 4.78. The number of hydrogen-bond acceptors (Lipinski definition) is 5. The van der Waals surface area contributed by atoms with Gasteiger partial charge < -0.3 is 15.4 Å². The lowest BCUT2D eigenvalue weighted by atomic mass is 9.99. The SMILES string of the molecule is COC(=O)CN1CCC[C@@H]1C(=O)N1CCC[C@@H]1CCc1ccc2cc(C(=N)N)ccc2c1. The van der Waals surface area contributed by atoms with E-state index in [1.807, 2.05) is 23.1 Å². The second-order valence-corrected chi connectivity index (χ2v) is 8.88. The fraction of sp³-hybridized carbons (Fsp3) is 0.480. The summed E-state index contributed by atoms with van der Waals surface area (Å²) in [6.07, 6.45) is 5.67. The Morgan fingerprint density at radius 1 is 1.09 bits per heavy atom. The zero-order valence-corrected chi connectivity index (χ0v) is 18.7. The minimum atomic E-state index is -0.283. The van der Waals surface area contributed by atoms with E-state index in [2.05, 4.69) is 23.1 Å². The first-order valence-electron chi connectivity index (χ1n) is 11.4. The third-order valence-electron chi connectivity index (χ3n) is 6.85. The molecule has 2 aromatic rings. The molecule has 2 fully saturated rings. The minimum Gasteiger partial charge on any atom is -0.468 e. The first-order chi connectivity index (χ1) is 15.5. The maximum absolute atomic E-state index is 13.3. The number of amides is 1. The van der Waals surface area contributed by atoms with Crippen LogP contribution in [-0.2, 0) is 20.7 Å². The Morgan fingerprint density at radius 3 is 2.62 bits per heavy atom. The van der Waals surface area contributed by atoms with Gasteiger partial charge in [0.25, 0.3) is 0 Å². The molecule has 0 saturated carbocycles. The van der Waals surface area contributed by atoms with Crippen molar-refractivity contribution < 1.29 is 14.3 Å². The number of esters is 1. The van der Waals surface area contributed by atoms with Crippen molar-refractivity contribution in [3.05, 3.63) is 47.5 Å². The summed E-state index contributed by atoms with van der Waals surface area (Å²) in [4.78, 5) is 29.1. The van der Waals surface area contributed by atoms with E-state index in [9.17, 15) is 9.59 Å². The number of likely N-dealkylation sites (tertiary alicyclic amines) is 2. The molecule has 3 N–H and O–H groups in total. The van der Waals surface area contributed by atoms with Crippen molar-refractivity contribution in [2.45, 2.75) is 50.6 Å². The summed E-state index contributed by atoms with van der Waals surface area (Å²) in [6.45, 7) is 1.76. The van der Waals surface area contributed by atoms with Gasteiger partial charge in [0.1, 0.15) is 5.84 Å². The molecule has 0 bridgehead atoms. The van der Waals surface area contributed by atoms with Gasteiger partial charge in [-0.3, -0.25) is 19.9 Å². The van der Waals surface area contributed by atoms with Gasteiger partial charge in [-0.15, -0.1) is 0 Å². The maximum Gasteiger partial charge on any atom is 0.319 e. The number of rotatable bonds is 7. The number of nitrogens with two attached hydrogens (primary N) is 1. The van der Waals surface area contributed by atoms with Crippen LogP contribution in [0.25, 0.3) is 10.8 Å². The van der Waals surface area contributed by atoms with Gasteiger partial charge in [-0.05, 0) is 67.5 Å². The number of hydrogen-bond donors (Lipinski definition) is 2. The fourth-order valence-corrected chi connectivity index (χ4v) is 5.09. The first-order valence-corrected chi connectivity index (χ1v) is 11.4. The molecule has 32 heavy (non-hydrogen) atoms. The van der Waals surface area contributed by atoms with Crippen LogP contribution in [0.5, 0.6) is 0 Å². The summed E-state index contributed by atoms with van der Waals surface area (Å²) in [6, 6.07) is 12.3. The zero-order valence-electron chi connectivity index (χ0n) is 18.7. The summed E-state index contributed by atoms with van der Waals surface area (Å²) in [5, 5.41) is 9.82. The standard InChI is InChI=1S/C25H32N4O3/c1-32-23(30)16-28-12-3-5-22(28)25(31)29-13-2-4-21(29)11-7-17-6-8-19-15-20(24(26)27)10-9-18(19)14-17/h6,8-10,14-15,21-22H,2-5,7,11-13,16H2,1H3,(H3,26,27)/t21-,22-/m1/s1. The largest absolute Gasteiger partial charge is 0.468 e. The molecule has 4 rings (SSSR count). The average molecular weight is 437 g/mol. The van der Waals surface area contributed by atoms with Crippen molar-refractivity contribution >= 4 is 28.5 Å².